The van der Waals surface area contributed by atoms with Crippen molar-refractivity contribution in [2.45, 2.75) is 96.0 Å². The molecule has 2 aromatic rings. The molecule has 0 aromatic heterocycles. The fourth-order valence-corrected chi connectivity index (χ4v) is 6.66. The summed E-state index contributed by atoms with van der Waals surface area (Å²) in [4.78, 5) is 55.5. The number of nitrogens with one attached hydrogen (secondary N) is 1. The lowest BCUT2D eigenvalue weighted by Crippen LogP contribution is -2.50. The van der Waals surface area contributed by atoms with E-state index in [0.717, 1.165) is 32.6 Å². The van der Waals surface area contributed by atoms with E-state index >= 15 is 0 Å². The number of hydrogen-bond donors (Lipinski definition) is 1. The van der Waals surface area contributed by atoms with Crippen molar-refractivity contribution in [1.29, 1.82) is 0 Å². The van der Waals surface area contributed by atoms with Crippen molar-refractivity contribution in [1.82, 2.24) is 10.2 Å². The number of imide groups is 1. The molecule has 3 amide bonds. The first kappa shape index (κ1) is 39.1. The molecule has 12 heteroatoms. The van der Waals surface area contributed by atoms with E-state index in [9.17, 15) is 28.0 Å². The summed E-state index contributed by atoms with van der Waals surface area (Å²) in [6.07, 6.45) is -0.653. The molecular weight excluding hydrogens is 635 g/mol. The number of esters is 1. The number of halogens is 2. The minimum absolute atomic E-state index is 0.00254. The van der Waals surface area contributed by atoms with E-state index in [2.05, 4.69) is 5.32 Å². The van der Waals surface area contributed by atoms with Gasteiger partial charge in [-0.2, -0.15) is 0 Å². The Morgan fingerprint density at radius 2 is 1.41 bits per heavy atom. The van der Waals surface area contributed by atoms with Gasteiger partial charge in [-0.25, -0.2) is 18.5 Å². The van der Waals surface area contributed by atoms with Crippen LogP contribution in [0, 0.1) is 23.5 Å². The van der Waals surface area contributed by atoms with Crippen LogP contribution in [0.25, 0.3) is 0 Å². The molecule has 0 heterocycles. The molecule has 2 aromatic carbocycles. The lowest BCUT2D eigenvalue weighted by Gasteiger charge is -2.35. The highest BCUT2D eigenvalue weighted by molar-refractivity contribution is 8.77. The van der Waals surface area contributed by atoms with Crippen molar-refractivity contribution in [2.75, 3.05) is 13.1 Å². The molecule has 0 aliphatic carbocycles. The van der Waals surface area contributed by atoms with E-state index in [-0.39, 0.29) is 31.0 Å². The average molecular weight is 681 g/mol. The van der Waals surface area contributed by atoms with Crippen molar-refractivity contribution < 1.29 is 37.4 Å². The van der Waals surface area contributed by atoms with E-state index < -0.39 is 57.4 Å². The maximum Gasteiger partial charge on any atom is 0.417 e. The van der Waals surface area contributed by atoms with Crippen LogP contribution < -0.4 is 5.32 Å². The van der Waals surface area contributed by atoms with Crippen LogP contribution in [0.1, 0.15) is 85.5 Å². The summed E-state index contributed by atoms with van der Waals surface area (Å²) in [6, 6.07) is 11.6. The predicted octanol–water partition coefficient (Wildman–Crippen LogP) is 8.05. The van der Waals surface area contributed by atoms with Crippen molar-refractivity contribution >= 4 is 45.5 Å². The molecule has 1 N–H and O–H groups in total. The van der Waals surface area contributed by atoms with E-state index in [1.54, 1.807) is 66.7 Å². The third kappa shape index (κ3) is 12.9. The number of benzene rings is 2. The number of amides is 3. The molecule has 0 bridgehead atoms. The number of rotatable bonds is 13. The Bertz CT molecular complexity index is 1380. The fraction of sp³-hybridized carbons (Fsp3) is 0.529. The summed E-state index contributed by atoms with van der Waals surface area (Å²) in [6.45, 7) is 15.4. The van der Waals surface area contributed by atoms with E-state index in [4.69, 9.17) is 9.47 Å². The zero-order valence-corrected chi connectivity index (χ0v) is 29.7. The van der Waals surface area contributed by atoms with Gasteiger partial charge in [-0.05, 0) is 91.5 Å². The Morgan fingerprint density at radius 3 is 1.96 bits per heavy atom. The normalized spacial score (nSPS) is 13.8. The van der Waals surface area contributed by atoms with Gasteiger partial charge in [-0.1, -0.05) is 59.7 Å². The fourth-order valence-electron chi connectivity index (χ4n) is 4.06. The molecule has 0 spiro atoms. The lowest BCUT2D eigenvalue weighted by atomic mass is 9.92. The third-order valence-corrected chi connectivity index (χ3v) is 9.65. The molecule has 2 atom stereocenters. The third-order valence-electron chi connectivity index (χ3n) is 6.35. The average Bonchev–Trinajstić information content (AvgIpc) is 2.92. The van der Waals surface area contributed by atoms with E-state index in [1.807, 2.05) is 13.8 Å². The summed E-state index contributed by atoms with van der Waals surface area (Å²) in [5.41, 5.74) is -2.05. The van der Waals surface area contributed by atoms with Gasteiger partial charge >= 0.3 is 12.1 Å². The minimum atomic E-state index is -1.50. The quantitative estimate of drug-likeness (QED) is 0.129. The molecule has 0 aliphatic rings. The van der Waals surface area contributed by atoms with Gasteiger partial charge in [0.25, 0.3) is 5.91 Å². The second kappa shape index (κ2) is 16.6. The zero-order valence-electron chi connectivity index (χ0n) is 28.1. The Morgan fingerprint density at radius 1 is 0.848 bits per heavy atom. The molecule has 0 aliphatic heterocycles. The van der Waals surface area contributed by atoms with Gasteiger partial charge in [-0.3, -0.25) is 14.4 Å². The van der Waals surface area contributed by atoms with E-state index in [0.29, 0.717) is 11.3 Å². The van der Waals surface area contributed by atoms with Gasteiger partial charge in [0.2, 0.25) is 5.91 Å². The standard InChI is InChI=1S/C34H46F2N2O6S2/c1-22(2)18-19-38(31(42)44-33(6,7)8)29(40)24(30(41)43-32(3,4)5)20-34(9,46-45-27-17-13-12-16-26(27)36)21-37-28(39)23-14-10-11-15-25(23)35/h10-17,22,24H,18-21H2,1-9H3,(H,37,39). The number of carbonyl (C=O) groups is 4. The molecule has 254 valence electrons. The number of carbonyl (C=O) groups excluding carboxylic acids is 4. The number of hydrogen-bond acceptors (Lipinski definition) is 8. The number of nitrogens with zero attached hydrogens (tertiary/aromatic N) is 1. The van der Waals surface area contributed by atoms with Crippen LogP contribution >= 0.6 is 21.6 Å². The molecule has 2 rings (SSSR count). The monoisotopic (exact) mass is 680 g/mol. The first-order valence-corrected chi connectivity index (χ1v) is 17.3. The molecule has 0 radical (unpaired) electrons. The van der Waals surface area contributed by atoms with Crippen molar-refractivity contribution in [3.05, 3.63) is 65.7 Å². The van der Waals surface area contributed by atoms with Gasteiger partial charge in [0.05, 0.1) is 10.5 Å². The van der Waals surface area contributed by atoms with Crippen molar-refractivity contribution in [2.24, 2.45) is 11.8 Å². The topological polar surface area (TPSA) is 102 Å². The van der Waals surface area contributed by atoms with Gasteiger partial charge in [0.1, 0.15) is 28.8 Å². The van der Waals surface area contributed by atoms with Crippen molar-refractivity contribution in [3.63, 3.8) is 0 Å². The van der Waals surface area contributed by atoms with Crippen molar-refractivity contribution in [3.8, 4) is 0 Å². The van der Waals surface area contributed by atoms with Crippen LogP contribution in [0.3, 0.4) is 0 Å². The summed E-state index contributed by atoms with van der Waals surface area (Å²) >= 11 is 0. The number of ether oxygens (including phenoxy) is 2. The molecule has 0 saturated carbocycles. The highest BCUT2D eigenvalue weighted by Crippen LogP contribution is 2.45. The van der Waals surface area contributed by atoms with Gasteiger partial charge in [0.15, 0.2) is 0 Å². The van der Waals surface area contributed by atoms with E-state index in [1.165, 1.54) is 24.3 Å². The molecular formula is C34H46F2N2O6S2. The van der Waals surface area contributed by atoms with Crippen LogP contribution in [-0.4, -0.2) is 57.8 Å². The maximum absolute atomic E-state index is 14.6. The minimum Gasteiger partial charge on any atom is -0.459 e. The van der Waals surface area contributed by atoms with Gasteiger partial charge < -0.3 is 14.8 Å². The first-order chi connectivity index (χ1) is 21.2. The maximum atomic E-state index is 14.6. The highest BCUT2D eigenvalue weighted by atomic mass is 33.1. The van der Waals surface area contributed by atoms with Gasteiger partial charge in [0, 0.05) is 17.8 Å². The van der Waals surface area contributed by atoms with Crippen LogP contribution in [0.5, 0.6) is 0 Å². The Hall–Kier alpha value is -3.12. The Kier molecular flexibility index (Phi) is 14.1. The zero-order chi connectivity index (χ0) is 34.9. The SMILES string of the molecule is CC(C)CCN(C(=O)OC(C)(C)C)C(=O)C(CC(C)(CNC(=O)c1ccccc1F)SSc1ccccc1F)C(=O)OC(C)(C)C. The second-order valence-electron chi connectivity index (χ2n) is 13.7. The summed E-state index contributed by atoms with van der Waals surface area (Å²) in [5.74, 6) is -4.93. The summed E-state index contributed by atoms with van der Waals surface area (Å²) in [7, 11) is 2.20. The van der Waals surface area contributed by atoms with Crippen LogP contribution in [0.2, 0.25) is 0 Å². The first-order valence-electron chi connectivity index (χ1n) is 15.1. The van der Waals surface area contributed by atoms with Gasteiger partial charge in [-0.15, -0.1) is 0 Å². The van der Waals surface area contributed by atoms with Crippen LogP contribution in [0.15, 0.2) is 53.4 Å². The lowest BCUT2D eigenvalue weighted by molar-refractivity contribution is -0.165. The van der Waals surface area contributed by atoms with Crippen LogP contribution in [-0.2, 0) is 19.1 Å². The molecule has 2 unspecified atom stereocenters. The smallest absolute Gasteiger partial charge is 0.417 e. The molecule has 46 heavy (non-hydrogen) atoms. The predicted molar refractivity (Wildman–Crippen MR) is 178 cm³/mol. The second-order valence-corrected chi connectivity index (χ2v) is 16.4. The summed E-state index contributed by atoms with van der Waals surface area (Å²) in [5, 5.41) is 2.71. The largest absolute Gasteiger partial charge is 0.459 e. The molecule has 8 nitrogen and oxygen atoms in total. The van der Waals surface area contributed by atoms with Crippen LogP contribution in [0.4, 0.5) is 13.6 Å². The molecule has 0 fully saturated rings. The highest BCUT2D eigenvalue weighted by Gasteiger charge is 2.43. The Balaban J connectivity index is 2.54. The Labute approximate surface area is 279 Å². The molecule has 0 saturated heterocycles. The summed E-state index contributed by atoms with van der Waals surface area (Å²) < 4.78 is 39.1.